The van der Waals surface area contributed by atoms with Gasteiger partial charge in [0, 0.05) is 24.8 Å². The van der Waals surface area contributed by atoms with E-state index in [0.717, 1.165) is 18.5 Å². The Morgan fingerprint density at radius 2 is 2.17 bits per heavy atom. The van der Waals surface area contributed by atoms with Gasteiger partial charge >= 0.3 is 0 Å². The molecule has 0 amide bonds. The van der Waals surface area contributed by atoms with Crippen LogP contribution in [0, 0.1) is 12.8 Å². The second kappa shape index (κ2) is 5.75. The number of hydrogen-bond acceptors (Lipinski definition) is 2. The highest BCUT2D eigenvalue weighted by atomic mass is 15.2. The molecule has 1 fully saturated rings. The summed E-state index contributed by atoms with van der Waals surface area (Å²) in [6.45, 7) is 9.07. The van der Waals surface area contributed by atoms with Crippen molar-refractivity contribution in [3.8, 4) is 0 Å². The van der Waals surface area contributed by atoms with Crippen molar-refractivity contribution in [3.63, 3.8) is 0 Å². The number of nitrogens with zero attached hydrogens (tertiary/aromatic N) is 1. The molecule has 2 heteroatoms. The third-order valence-corrected chi connectivity index (χ3v) is 4.09. The zero-order valence-electron chi connectivity index (χ0n) is 12.2. The summed E-state index contributed by atoms with van der Waals surface area (Å²) in [5, 5.41) is 3.23. The topological polar surface area (TPSA) is 15.3 Å². The van der Waals surface area contributed by atoms with Crippen LogP contribution in [0.4, 0.5) is 5.69 Å². The zero-order chi connectivity index (χ0) is 13.1. The summed E-state index contributed by atoms with van der Waals surface area (Å²) in [5.74, 6) is 0.741. The van der Waals surface area contributed by atoms with Crippen molar-refractivity contribution in [1.82, 2.24) is 5.32 Å². The number of rotatable bonds is 4. The van der Waals surface area contributed by atoms with Gasteiger partial charge in [0.05, 0.1) is 0 Å². The van der Waals surface area contributed by atoms with Gasteiger partial charge in [-0.3, -0.25) is 0 Å². The number of anilines is 1. The molecule has 100 valence electrons. The minimum atomic E-state index is 0.722. The van der Waals surface area contributed by atoms with Crippen LogP contribution in [0.2, 0.25) is 0 Å². The van der Waals surface area contributed by atoms with Crippen molar-refractivity contribution >= 4 is 5.69 Å². The van der Waals surface area contributed by atoms with E-state index in [0.29, 0.717) is 0 Å². The lowest BCUT2D eigenvalue weighted by Gasteiger charge is -2.30. The van der Waals surface area contributed by atoms with Crippen LogP contribution in [-0.2, 0) is 6.54 Å². The minimum Gasteiger partial charge on any atom is -0.368 e. The van der Waals surface area contributed by atoms with Crippen LogP contribution in [0.25, 0.3) is 0 Å². The quantitative estimate of drug-likeness (QED) is 0.876. The van der Waals surface area contributed by atoms with Crippen molar-refractivity contribution in [2.24, 2.45) is 5.92 Å². The fourth-order valence-electron chi connectivity index (χ4n) is 3.05. The molecule has 2 rings (SSSR count). The predicted molar refractivity (Wildman–Crippen MR) is 79.1 cm³/mol. The van der Waals surface area contributed by atoms with Gasteiger partial charge in [0.2, 0.25) is 0 Å². The lowest BCUT2D eigenvalue weighted by atomic mass is 10.0. The molecule has 1 aromatic carbocycles. The molecule has 1 aliphatic heterocycles. The van der Waals surface area contributed by atoms with Crippen LogP contribution >= 0.6 is 0 Å². The molecule has 0 bridgehead atoms. The average Bonchev–Trinajstić information content (AvgIpc) is 2.81. The molecule has 1 atom stereocenters. The number of hydrogen-bond donors (Lipinski definition) is 1. The van der Waals surface area contributed by atoms with Gasteiger partial charge in [-0.2, -0.15) is 0 Å². The summed E-state index contributed by atoms with van der Waals surface area (Å²) in [6.07, 6.45) is 2.68. The molecule has 1 aliphatic rings. The smallest absolute Gasteiger partial charge is 0.0371 e. The Kier molecular flexibility index (Phi) is 4.28. The lowest BCUT2D eigenvalue weighted by molar-refractivity contribution is 0.492. The van der Waals surface area contributed by atoms with Crippen LogP contribution in [0.5, 0.6) is 0 Å². The van der Waals surface area contributed by atoms with Gasteiger partial charge < -0.3 is 10.2 Å². The molecule has 0 aromatic heterocycles. The standard InChI is InChI=1S/C16H26N2/c1-12(2)16-6-5-9-18(16)15-8-7-14(11-17-4)13(3)10-15/h7-8,10,12,16-17H,5-6,9,11H2,1-4H3. The van der Waals surface area contributed by atoms with Crippen molar-refractivity contribution in [2.75, 3.05) is 18.5 Å². The maximum atomic E-state index is 3.23. The van der Waals surface area contributed by atoms with Gasteiger partial charge in [-0.1, -0.05) is 19.9 Å². The monoisotopic (exact) mass is 246 g/mol. The second-order valence-electron chi connectivity index (χ2n) is 5.79. The molecule has 0 aliphatic carbocycles. The minimum absolute atomic E-state index is 0.722. The molecule has 1 unspecified atom stereocenters. The van der Waals surface area contributed by atoms with Gasteiger partial charge in [0.1, 0.15) is 0 Å². The van der Waals surface area contributed by atoms with Crippen molar-refractivity contribution in [1.29, 1.82) is 0 Å². The Morgan fingerprint density at radius 3 is 2.78 bits per heavy atom. The SMILES string of the molecule is CNCc1ccc(N2CCCC2C(C)C)cc1C. The highest BCUT2D eigenvalue weighted by molar-refractivity contribution is 5.52. The molecule has 1 saturated heterocycles. The molecule has 18 heavy (non-hydrogen) atoms. The molecule has 2 nitrogen and oxygen atoms in total. The summed E-state index contributed by atoms with van der Waals surface area (Å²) in [7, 11) is 2.00. The Hall–Kier alpha value is -1.02. The Bertz CT molecular complexity index is 398. The summed E-state index contributed by atoms with van der Waals surface area (Å²) in [5.41, 5.74) is 4.21. The summed E-state index contributed by atoms with van der Waals surface area (Å²) >= 11 is 0. The van der Waals surface area contributed by atoms with E-state index in [-0.39, 0.29) is 0 Å². The van der Waals surface area contributed by atoms with E-state index in [2.05, 4.69) is 49.2 Å². The van der Waals surface area contributed by atoms with Crippen LogP contribution < -0.4 is 10.2 Å². The van der Waals surface area contributed by atoms with Gasteiger partial charge in [-0.25, -0.2) is 0 Å². The van der Waals surface area contributed by atoms with Crippen molar-refractivity contribution < 1.29 is 0 Å². The molecular formula is C16H26N2. The maximum Gasteiger partial charge on any atom is 0.0371 e. The fraction of sp³-hybridized carbons (Fsp3) is 0.625. The van der Waals surface area contributed by atoms with Gasteiger partial charge in [-0.05, 0) is 56.0 Å². The van der Waals surface area contributed by atoms with E-state index in [4.69, 9.17) is 0 Å². The molecule has 1 N–H and O–H groups in total. The first-order chi connectivity index (χ1) is 8.63. The Balaban J connectivity index is 2.20. The Morgan fingerprint density at radius 1 is 1.39 bits per heavy atom. The predicted octanol–water partition coefficient (Wildman–Crippen LogP) is 3.34. The van der Waals surface area contributed by atoms with E-state index < -0.39 is 0 Å². The van der Waals surface area contributed by atoms with Crippen LogP contribution in [0.15, 0.2) is 18.2 Å². The second-order valence-corrected chi connectivity index (χ2v) is 5.79. The van der Waals surface area contributed by atoms with Gasteiger partial charge in [0.25, 0.3) is 0 Å². The highest BCUT2D eigenvalue weighted by Crippen LogP contribution is 2.30. The summed E-state index contributed by atoms with van der Waals surface area (Å²) < 4.78 is 0. The van der Waals surface area contributed by atoms with E-state index in [1.807, 2.05) is 7.05 Å². The third kappa shape index (κ3) is 2.69. The Labute approximate surface area is 111 Å². The fourth-order valence-corrected chi connectivity index (χ4v) is 3.05. The molecule has 0 saturated carbocycles. The molecular weight excluding hydrogens is 220 g/mol. The largest absolute Gasteiger partial charge is 0.368 e. The molecule has 1 heterocycles. The van der Waals surface area contributed by atoms with E-state index in [1.165, 1.54) is 36.2 Å². The van der Waals surface area contributed by atoms with Gasteiger partial charge in [-0.15, -0.1) is 0 Å². The number of benzene rings is 1. The maximum absolute atomic E-state index is 3.23. The van der Waals surface area contributed by atoms with Crippen molar-refractivity contribution in [2.45, 2.75) is 46.2 Å². The first-order valence-corrected chi connectivity index (χ1v) is 7.14. The zero-order valence-corrected chi connectivity index (χ0v) is 12.2. The summed E-state index contributed by atoms with van der Waals surface area (Å²) in [6, 6.07) is 7.64. The molecule has 0 spiro atoms. The van der Waals surface area contributed by atoms with Crippen LogP contribution in [0.1, 0.15) is 37.8 Å². The first-order valence-electron chi connectivity index (χ1n) is 7.14. The number of aryl methyl sites for hydroxylation is 1. The third-order valence-electron chi connectivity index (χ3n) is 4.09. The normalized spacial score (nSPS) is 19.8. The van der Waals surface area contributed by atoms with E-state index >= 15 is 0 Å². The van der Waals surface area contributed by atoms with Crippen molar-refractivity contribution in [3.05, 3.63) is 29.3 Å². The van der Waals surface area contributed by atoms with Gasteiger partial charge in [0.15, 0.2) is 0 Å². The average molecular weight is 246 g/mol. The summed E-state index contributed by atoms with van der Waals surface area (Å²) in [4.78, 5) is 2.60. The van der Waals surface area contributed by atoms with E-state index in [9.17, 15) is 0 Å². The van der Waals surface area contributed by atoms with Crippen LogP contribution in [0.3, 0.4) is 0 Å². The lowest BCUT2D eigenvalue weighted by Crippen LogP contribution is -2.33. The van der Waals surface area contributed by atoms with Crippen LogP contribution in [-0.4, -0.2) is 19.6 Å². The van der Waals surface area contributed by atoms with E-state index in [1.54, 1.807) is 0 Å². The highest BCUT2D eigenvalue weighted by Gasteiger charge is 2.27. The first kappa shape index (κ1) is 13.4. The number of nitrogens with one attached hydrogen (secondary N) is 1. The molecule has 1 aromatic rings. The molecule has 0 radical (unpaired) electrons.